The Bertz CT molecular complexity index is 1240. The molecule has 4 heterocycles. The van der Waals surface area contributed by atoms with Gasteiger partial charge in [0.25, 0.3) is 11.5 Å². The number of anilines is 1. The van der Waals surface area contributed by atoms with Crippen molar-refractivity contribution in [2.75, 3.05) is 38.2 Å². The topological polar surface area (TPSA) is 90.6 Å². The minimum Gasteiger partial charge on any atom is -0.493 e. The molecule has 2 aromatic heterocycles. The van der Waals surface area contributed by atoms with Crippen LogP contribution < -0.4 is 20.5 Å². The van der Waals surface area contributed by atoms with Crippen molar-refractivity contribution < 1.29 is 9.53 Å². The number of hydrogen-bond acceptors (Lipinski definition) is 6. The lowest BCUT2D eigenvalue weighted by atomic mass is 10.0. The van der Waals surface area contributed by atoms with Gasteiger partial charge in [-0.2, -0.15) is 0 Å². The molecule has 0 spiro atoms. The summed E-state index contributed by atoms with van der Waals surface area (Å²) >= 11 is 0. The summed E-state index contributed by atoms with van der Waals surface area (Å²) in [4.78, 5) is 36.3. The predicted molar refractivity (Wildman–Crippen MR) is 128 cm³/mol. The number of hydrogen-bond donors (Lipinski definition) is 2. The normalized spacial score (nSPS) is 18.6. The number of amides is 1. The summed E-state index contributed by atoms with van der Waals surface area (Å²) in [7, 11) is 1.61. The van der Waals surface area contributed by atoms with E-state index in [0.717, 1.165) is 66.1 Å². The second-order valence-electron chi connectivity index (χ2n) is 8.71. The number of fused-ring (bicyclic) bond motifs is 3. The van der Waals surface area contributed by atoms with Gasteiger partial charge in [0, 0.05) is 61.3 Å². The van der Waals surface area contributed by atoms with E-state index in [1.54, 1.807) is 19.3 Å². The first-order chi connectivity index (χ1) is 16.1. The quantitative estimate of drug-likeness (QED) is 0.641. The van der Waals surface area contributed by atoms with E-state index in [2.05, 4.69) is 37.2 Å². The molecule has 1 aromatic carbocycles. The summed E-state index contributed by atoms with van der Waals surface area (Å²) in [6.45, 7) is 6.11. The number of pyridine rings is 2. The number of piperazine rings is 1. The predicted octanol–water partition coefficient (Wildman–Crippen LogP) is 2.32. The van der Waals surface area contributed by atoms with Crippen LogP contribution in [0.3, 0.4) is 0 Å². The van der Waals surface area contributed by atoms with E-state index in [4.69, 9.17) is 4.74 Å². The molecule has 2 aliphatic rings. The van der Waals surface area contributed by atoms with Gasteiger partial charge < -0.3 is 19.9 Å². The average molecular weight is 448 g/mol. The Labute approximate surface area is 192 Å². The fraction of sp³-hybridized carbons (Fsp3) is 0.400. The average Bonchev–Trinajstić information content (AvgIpc) is 2.83. The zero-order chi connectivity index (χ0) is 22.9. The Balaban J connectivity index is 1.36. The molecule has 1 amide bonds. The van der Waals surface area contributed by atoms with Crippen molar-refractivity contribution in [2.24, 2.45) is 0 Å². The van der Waals surface area contributed by atoms with E-state index in [1.165, 1.54) is 0 Å². The third kappa shape index (κ3) is 4.18. The van der Waals surface area contributed by atoms with Gasteiger partial charge in [-0.15, -0.1) is 0 Å². The fourth-order valence-corrected chi connectivity index (χ4v) is 4.81. The number of ether oxygens (including phenoxy) is 1. The molecule has 3 aromatic rings. The summed E-state index contributed by atoms with van der Waals surface area (Å²) in [5.74, 6) is 0.730. The lowest BCUT2D eigenvalue weighted by molar-refractivity contribution is 0.0958. The van der Waals surface area contributed by atoms with E-state index < -0.39 is 0 Å². The first-order valence-corrected chi connectivity index (χ1v) is 11.5. The molecule has 2 N–H and O–H groups in total. The summed E-state index contributed by atoms with van der Waals surface area (Å²) in [5.41, 5.74) is 4.20. The molecule has 8 nitrogen and oxygen atoms in total. The smallest absolute Gasteiger partial charge is 0.269 e. The number of aryl methyl sites for hydroxylation is 1. The van der Waals surface area contributed by atoms with Crippen LogP contribution in [-0.4, -0.2) is 60.1 Å². The van der Waals surface area contributed by atoms with Crippen molar-refractivity contribution in [2.45, 2.75) is 32.4 Å². The van der Waals surface area contributed by atoms with Crippen LogP contribution in [0.25, 0.3) is 10.9 Å². The van der Waals surface area contributed by atoms with Gasteiger partial charge in [0.2, 0.25) is 0 Å². The molecular weight excluding hydrogens is 418 g/mol. The molecule has 33 heavy (non-hydrogen) atoms. The van der Waals surface area contributed by atoms with Gasteiger partial charge >= 0.3 is 0 Å². The highest BCUT2D eigenvalue weighted by Gasteiger charge is 2.29. The minimum absolute atomic E-state index is 0.0146. The van der Waals surface area contributed by atoms with Crippen molar-refractivity contribution in [3.8, 4) is 5.75 Å². The number of aromatic nitrogens is 2. The molecule has 0 saturated carbocycles. The number of rotatable bonds is 3. The zero-order valence-electron chi connectivity index (χ0n) is 19.1. The van der Waals surface area contributed by atoms with Crippen LogP contribution in [0.15, 0.2) is 41.3 Å². The van der Waals surface area contributed by atoms with Crippen LogP contribution in [0.4, 0.5) is 5.69 Å². The summed E-state index contributed by atoms with van der Waals surface area (Å²) in [6, 6.07) is 10.2. The van der Waals surface area contributed by atoms with Crippen LogP contribution >= 0.6 is 0 Å². The Morgan fingerprint density at radius 3 is 2.91 bits per heavy atom. The molecule has 1 saturated heterocycles. The summed E-state index contributed by atoms with van der Waals surface area (Å²) < 4.78 is 6.19. The number of H-pyrrole nitrogens is 1. The molecule has 0 bridgehead atoms. The molecule has 8 heteroatoms. The van der Waals surface area contributed by atoms with Gasteiger partial charge in [0.05, 0.1) is 18.5 Å². The number of carbonyl (C=O) groups is 1. The Kier molecular flexibility index (Phi) is 5.76. The number of carbonyl (C=O) groups excluding carboxylic acids is 1. The standard InChI is InChI=1S/C25H29N5O3/c1-3-16-10-17-12-23-18(11-22(17)28-24(16)31)14-29-7-8-30(15-20(29)6-9-33-23)19-4-5-21(27-13-19)25(32)26-2/h4-5,10-13,20H,3,6-9,14-15H2,1-2H3,(H,26,32)(H,28,31)/t20-/m0/s1. The minimum atomic E-state index is -0.179. The Morgan fingerprint density at radius 2 is 2.15 bits per heavy atom. The van der Waals surface area contributed by atoms with Gasteiger partial charge in [0.15, 0.2) is 0 Å². The lowest BCUT2D eigenvalue weighted by Crippen LogP contribution is -2.53. The first-order valence-electron chi connectivity index (χ1n) is 11.5. The molecule has 1 atom stereocenters. The summed E-state index contributed by atoms with van der Waals surface area (Å²) in [6.07, 6.45) is 3.42. The Hall–Kier alpha value is -3.39. The Morgan fingerprint density at radius 1 is 1.27 bits per heavy atom. The highest BCUT2D eigenvalue weighted by molar-refractivity contribution is 5.92. The molecule has 0 unspecified atom stereocenters. The number of nitrogens with zero attached hydrogens (tertiary/aromatic N) is 3. The number of aromatic amines is 1. The number of benzene rings is 1. The van der Waals surface area contributed by atoms with Gasteiger partial charge in [-0.25, -0.2) is 4.98 Å². The second-order valence-corrected chi connectivity index (χ2v) is 8.71. The summed E-state index contributed by atoms with van der Waals surface area (Å²) in [5, 5.41) is 3.62. The molecule has 0 radical (unpaired) electrons. The zero-order valence-corrected chi connectivity index (χ0v) is 19.1. The molecule has 172 valence electrons. The number of nitrogens with one attached hydrogen (secondary N) is 2. The molecular formula is C25H29N5O3. The monoisotopic (exact) mass is 447 g/mol. The third-order valence-electron chi connectivity index (χ3n) is 6.74. The largest absolute Gasteiger partial charge is 0.493 e. The highest BCUT2D eigenvalue weighted by atomic mass is 16.5. The van der Waals surface area contributed by atoms with Crippen molar-refractivity contribution >= 4 is 22.5 Å². The molecule has 1 fully saturated rings. The van der Waals surface area contributed by atoms with Crippen LogP contribution in [-0.2, 0) is 13.0 Å². The van der Waals surface area contributed by atoms with Gasteiger partial charge in [-0.3, -0.25) is 14.5 Å². The van der Waals surface area contributed by atoms with Crippen LogP contribution in [0.5, 0.6) is 5.75 Å². The van der Waals surface area contributed by atoms with Crippen molar-refractivity contribution in [3.05, 3.63) is 63.7 Å². The molecule has 0 aliphatic carbocycles. The van der Waals surface area contributed by atoms with E-state index in [9.17, 15) is 9.59 Å². The molecule has 2 aliphatic heterocycles. The lowest BCUT2D eigenvalue weighted by Gasteiger charge is -2.43. The SMILES string of the molecule is CCc1cc2cc3c(cc2[nH]c1=O)CN1CCN(c2ccc(C(=O)NC)nc2)C[C@@H]1CCO3. The van der Waals surface area contributed by atoms with Gasteiger partial charge in [0.1, 0.15) is 11.4 Å². The maximum absolute atomic E-state index is 12.3. The maximum atomic E-state index is 12.3. The van der Waals surface area contributed by atoms with Crippen molar-refractivity contribution in [3.63, 3.8) is 0 Å². The van der Waals surface area contributed by atoms with Crippen LogP contribution in [0.1, 0.15) is 35.0 Å². The van der Waals surface area contributed by atoms with Gasteiger partial charge in [-0.1, -0.05) is 6.92 Å². The van der Waals surface area contributed by atoms with Crippen molar-refractivity contribution in [1.82, 2.24) is 20.2 Å². The van der Waals surface area contributed by atoms with Crippen LogP contribution in [0.2, 0.25) is 0 Å². The van der Waals surface area contributed by atoms with E-state index >= 15 is 0 Å². The van der Waals surface area contributed by atoms with Crippen molar-refractivity contribution in [1.29, 1.82) is 0 Å². The van der Waals surface area contributed by atoms with E-state index in [0.29, 0.717) is 24.8 Å². The van der Waals surface area contributed by atoms with Crippen LogP contribution in [0, 0.1) is 0 Å². The fourth-order valence-electron chi connectivity index (χ4n) is 4.81. The van der Waals surface area contributed by atoms with Gasteiger partial charge in [-0.05, 0) is 43.2 Å². The highest BCUT2D eigenvalue weighted by Crippen LogP contribution is 2.31. The first kappa shape index (κ1) is 21.5. The van der Waals surface area contributed by atoms with E-state index in [-0.39, 0.29) is 11.5 Å². The maximum Gasteiger partial charge on any atom is 0.269 e. The third-order valence-corrected chi connectivity index (χ3v) is 6.74. The molecule has 5 rings (SSSR count). The van der Waals surface area contributed by atoms with E-state index in [1.807, 2.05) is 19.1 Å². The second kappa shape index (κ2) is 8.86.